The summed E-state index contributed by atoms with van der Waals surface area (Å²) in [6, 6.07) is 4.01. The van der Waals surface area contributed by atoms with Gasteiger partial charge in [-0.1, -0.05) is 13.8 Å². The molecule has 6 heteroatoms. The summed E-state index contributed by atoms with van der Waals surface area (Å²) < 4.78 is 19.7. The first-order chi connectivity index (χ1) is 11.7. The fourth-order valence-corrected chi connectivity index (χ4v) is 3.44. The Bertz CT molecular complexity index is 841. The number of benzene rings is 1. The van der Waals surface area contributed by atoms with Crippen molar-refractivity contribution >= 4 is 22.8 Å². The van der Waals surface area contributed by atoms with Crippen molar-refractivity contribution in [3.05, 3.63) is 35.1 Å². The Balaban J connectivity index is 1.83. The maximum Gasteiger partial charge on any atom is 0.343 e. The van der Waals surface area contributed by atoms with E-state index in [0.717, 1.165) is 22.1 Å². The SMILES string of the molecule is Cc1cc2occ(CC(=O)N3CCC(F)(C(=O)O)C3)c2cc1C(C)C. The van der Waals surface area contributed by atoms with E-state index in [2.05, 4.69) is 13.8 Å². The first-order valence-electron chi connectivity index (χ1n) is 8.42. The van der Waals surface area contributed by atoms with Crippen molar-refractivity contribution < 1.29 is 23.5 Å². The van der Waals surface area contributed by atoms with Gasteiger partial charge in [-0.25, -0.2) is 9.18 Å². The van der Waals surface area contributed by atoms with Crippen LogP contribution in [0.4, 0.5) is 4.39 Å². The molecule has 134 valence electrons. The fraction of sp³-hybridized carbons (Fsp3) is 0.474. The van der Waals surface area contributed by atoms with Crippen LogP contribution in [0.25, 0.3) is 11.0 Å². The second-order valence-corrected chi connectivity index (χ2v) is 7.13. The van der Waals surface area contributed by atoms with E-state index in [4.69, 9.17) is 9.52 Å². The molecule has 2 aromatic rings. The molecule has 3 rings (SSSR count). The highest BCUT2D eigenvalue weighted by Crippen LogP contribution is 2.30. The van der Waals surface area contributed by atoms with E-state index in [1.54, 1.807) is 6.26 Å². The molecule has 1 aromatic heterocycles. The number of furan rings is 1. The molecule has 1 unspecified atom stereocenters. The maximum atomic E-state index is 14.2. The number of likely N-dealkylation sites (tertiary alicyclic amines) is 1. The van der Waals surface area contributed by atoms with Crippen molar-refractivity contribution in [2.24, 2.45) is 0 Å². The van der Waals surface area contributed by atoms with Gasteiger partial charge in [-0.05, 0) is 36.1 Å². The van der Waals surface area contributed by atoms with Gasteiger partial charge < -0.3 is 14.4 Å². The maximum absolute atomic E-state index is 14.2. The number of carbonyl (C=O) groups is 2. The lowest BCUT2D eigenvalue weighted by atomic mass is 9.95. The van der Waals surface area contributed by atoms with E-state index in [-0.39, 0.29) is 25.3 Å². The minimum Gasteiger partial charge on any atom is -0.479 e. The van der Waals surface area contributed by atoms with Crippen LogP contribution in [0.1, 0.15) is 42.9 Å². The largest absolute Gasteiger partial charge is 0.479 e. The van der Waals surface area contributed by atoms with Crippen LogP contribution < -0.4 is 0 Å². The van der Waals surface area contributed by atoms with Crippen LogP contribution in [0.5, 0.6) is 0 Å². The first kappa shape index (κ1) is 17.5. The molecule has 1 saturated heterocycles. The number of carbonyl (C=O) groups excluding carboxylic acids is 1. The molecule has 0 bridgehead atoms. The molecule has 0 radical (unpaired) electrons. The number of rotatable bonds is 4. The normalized spacial score (nSPS) is 20.6. The third-order valence-corrected chi connectivity index (χ3v) is 4.96. The summed E-state index contributed by atoms with van der Waals surface area (Å²) in [6.45, 7) is 5.96. The molecule has 0 aliphatic carbocycles. The predicted molar refractivity (Wildman–Crippen MR) is 91.4 cm³/mol. The summed E-state index contributed by atoms with van der Waals surface area (Å²) >= 11 is 0. The summed E-state index contributed by atoms with van der Waals surface area (Å²) in [6.07, 6.45) is 1.46. The summed E-state index contributed by atoms with van der Waals surface area (Å²) in [5, 5.41) is 9.83. The van der Waals surface area contributed by atoms with Crippen LogP contribution in [0.2, 0.25) is 0 Å². The van der Waals surface area contributed by atoms with E-state index in [0.29, 0.717) is 5.92 Å². The Morgan fingerprint density at radius 1 is 1.40 bits per heavy atom. The van der Waals surface area contributed by atoms with Crippen molar-refractivity contribution in [2.75, 3.05) is 13.1 Å². The summed E-state index contributed by atoms with van der Waals surface area (Å²) in [5.74, 6) is -1.44. The molecule has 5 nitrogen and oxygen atoms in total. The van der Waals surface area contributed by atoms with Crippen LogP contribution in [0.15, 0.2) is 22.8 Å². The smallest absolute Gasteiger partial charge is 0.343 e. The number of fused-ring (bicyclic) bond motifs is 1. The number of alkyl halides is 1. The molecule has 25 heavy (non-hydrogen) atoms. The third kappa shape index (κ3) is 3.13. The van der Waals surface area contributed by atoms with Crippen molar-refractivity contribution in [3.63, 3.8) is 0 Å². The van der Waals surface area contributed by atoms with Crippen LogP contribution in [-0.2, 0) is 16.0 Å². The van der Waals surface area contributed by atoms with E-state index < -0.39 is 18.2 Å². The number of carboxylic acid groups (broad SMARTS) is 1. The van der Waals surface area contributed by atoms with Crippen LogP contribution in [0.3, 0.4) is 0 Å². The topological polar surface area (TPSA) is 70.8 Å². The third-order valence-electron chi connectivity index (χ3n) is 4.96. The van der Waals surface area contributed by atoms with Crippen LogP contribution in [-0.4, -0.2) is 40.6 Å². The molecule has 1 atom stereocenters. The van der Waals surface area contributed by atoms with E-state index in [1.165, 1.54) is 10.5 Å². The van der Waals surface area contributed by atoms with Gasteiger partial charge in [0.05, 0.1) is 19.2 Å². The predicted octanol–water partition coefficient (Wildman–Crippen LogP) is 3.43. The highest BCUT2D eigenvalue weighted by atomic mass is 19.1. The number of hydrogen-bond acceptors (Lipinski definition) is 3. The Hall–Kier alpha value is -2.37. The molecule has 0 spiro atoms. The number of hydrogen-bond donors (Lipinski definition) is 1. The minimum atomic E-state index is -2.34. The first-order valence-corrected chi connectivity index (χ1v) is 8.42. The van der Waals surface area contributed by atoms with Crippen molar-refractivity contribution in [1.29, 1.82) is 0 Å². The van der Waals surface area contributed by atoms with Crippen LogP contribution >= 0.6 is 0 Å². The van der Waals surface area contributed by atoms with E-state index >= 15 is 0 Å². The minimum absolute atomic E-state index is 0.0727. The molecule has 0 saturated carbocycles. The quantitative estimate of drug-likeness (QED) is 0.920. The van der Waals surface area contributed by atoms with Gasteiger partial charge >= 0.3 is 5.97 Å². The summed E-state index contributed by atoms with van der Waals surface area (Å²) in [7, 11) is 0. The zero-order chi connectivity index (χ0) is 18.4. The van der Waals surface area contributed by atoms with Crippen molar-refractivity contribution in [3.8, 4) is 0 Å². The number of carboxylic acids is 1. The number of nitrogens with zero attached hydrogens (tertiary/aromatic N) is 1. The lowest BCUT2D eigenvalue weighted by Crippen LogP contribution is -2.39. The van der Waals surface area contributed by atoms with Gasteiger partial charge in [0.25, 0.3) is 0 Å². The fourth-order valence-electron chi connectivity index (χ4n) is 3.44. The standard InChI is InChI=1S/C19H22FNO4/c1-11(2)14-8-15-13(9-25-16(15)6-12(14)3)7-17(22)21-5-4-19(20,10-21)18(23)24/h6,8-9,11H,4-5,7,10H2,1-3H3,(H,23,24). The van der Waals surface area contributed by atoms with Crippen LogP contribution in [0, 0.1) is 6.92 Å². The van der Waals surface area contributed by atoms with Crippen molar-refractivity contribution in [2.45, 2.75) is 45.2 Å². The van der Waals surface area contributed by atoms with Gasteiger partial charge in [0, 0.05) is 23.9 Å². The average molecular weight is 347 g/mol. The molecular formula is C19H22FNO4. The molecule has 1 aromatic carbocycles. The average Bonchev–Trinajstić information content (AvgIpc) is 3.11. The lowest BCUT2D eigenvalue weighted by molar-refractivity contribution is -0.150. The molecule has 1 N–H and O–H groups in total. The van der Waals surface area contributed by atoms with Gasteiger partial charge in [0.2, 0.25) is 11.6 Å². The van der Waals surface area contributed by atoms with E-state index in [1.807, 2.05) is 19.1 Å². The Morgan fingerprint density at radius 3 is 2.72 bits per heavy atom. The number of amides is 1. The second kappa shape index (κ2) is 6.17. The number of halogens is 1. The number of aliphatic carboxylic acids is 1. The van der Waals surface area contributed by atoms with E-state index in [9.17, 15) is 14.0 Å². The van der Waals surface area contributed by atoms with Gasteiger partial charge in [0.15, 0.2) is 0 Å². The van der Waals surface area contributed by atoms with Gasteiger partial charge in [0.1, 0.15) is 5.58 Å². The highest BCUT2D eigenvalue weighted by Gasteiger charge is 2.46. The Morgan fingerprint density at radius 2 is 2.12 bits per heavy atom. The summed E-state index contributed by atoms with van der Waals surface area (Å²) in [5.41, 5.74) is 1.45. The zero-order valence-corrected chi connectivity index (χ0v) is 14.6. The lowest BCUT2D eigenvalue weighted by Gasteiger charge is -2.17. The van der Waals surface area contributed by atoms with Crippen molar-refractivity contribution in [1.82, 2.24) is 4.90 Å². The van der Waals surface area contributed by atoms with Gasteiger partial charge in [-0.15, -0.1) is 0 Å². The Kier molecular flexibility index (Phi) is 4.31. The number of aryl methyl sites for hydroxylation is 1. The molecule has 2 heterocycles. The van der Waals surface area contributed by atoms with Gasteiger partial charge in [-0.3, -0.25) is 4.79 Å². The molecule has 1 aliphatic heterocycles. The van der Waals surface area contributed by atoms with Gasteiger partial charge in [-0.2, -0.15) is 0 Å². The summed E-state index contributed by atoms with van der Waals surface area (Å²) in [4.78, 5) is 24.7. The Labute approximate surface area is 145 Å². The molecule has 1 amide bonds. The molecular weight excluding hydrogens is 325 g/mol. The highest BCUT2D eigenvalue weighted by molar-refractivity contribution is 5.89. The monoisotopic (exact) mass is 347 g/mol. The molecule has 1 fully saturated rings. The molecule has 1 aliphatic rings. The second-order valence-electron chi connectivity index (χ2n) is 7.13. The zero-order valence-electron chi connectivity index (χ0n) is 14.6.